The average Bonchev–Trinajstić information content (AvgIpc) is 3.31. The molecule has 0 N–H and O–H groups in total. The van der Waals surface area contributed by atoms with Gasteiger partial charge in [0.25, 0.3) is 11.2 Å². The molecule has 12 heteroatoms. The number of carbonyl (C=O) groups is 1. The molecule has 0 unspecified atom stereocenters. The van der Waals surface area contributed by atoms with Crippen LogP contribution in [0.15, 0.2) is 68.3 Å². The Balaban J connectivity index is 1.73. The van der Waals surface area contributed by atoms with E-state index in [1.54, 1.807) is 44.7 Å². The number of ether oxygens (including phenoxy) is 1. The monoisotopic (exact) mass is 533 g/mol. The maximum atomic E-state index is 13.8. The molecule has 38 heavy (non-hydrogen) atoms. The summed E-state index contributed by atoms with van der Waals surface area (Å²) in [5, 5.41) is 11.5. The highest BCUT2D eigenvalue weighted by Crippen LogP contribution is 2.32. The zero-order chi connectivity index (χ0) is 27.3. The Morgan fingerprint density at radius 2 is 1.89 bits per heavy atom. The van der Waals surface area contributed by atoms with Crippen molar-refractivity contribution < 1.29 is 14.5 Å². The Labute approximate surface area is 219 Å². The number of hydrogen-bond donors (Lipinski definition) is 0. The Morgan fingerprint density at radius 1 is 1.16 bits per heavy atom. The van der Waals surface area contributed by atoms with Gasteiger partial charge < -0.3 is 4.74 Å². The smallest absolute Gasteiger partial charge is 0.338 e. The van der Waals surface area contributed by atoms with Crippen LogP contribution in [-0.4, -0.2) is 31.2 Å². The number of rotatable bonds is 5. The maximum absolute atomic E-state index is 13.8. The van der Waals surface area contributed by atoms with E-state index in [9.17, 15) is 24.5 Å². The Kier molecular flexibility index (Phi) is 6.19. The molecule has 11 nitrogen and oxygen atoms in total. The summed E-state index contributed by atoms with van der Waals surface area (Å²) < 4.78 is 10.1. The fourth-order valence-corrected chi connectivity index (χ4v) is 5.73. The second-order valence-electron chi connectivity index (χ2n) is 8.80. The van der Waals surface area contributed by atoms with Crippen LogP contribution < -0.4 is 20.6 Å². The number of aryl methyl sites for hydroxylation is 2. The molecule has 4 aromatic rings. The van der Waals surface area contributed by atoms with Gasteiger partial charge in [0, 0.05) is 26.2 Å². The molecule has 1 aliphatic rings. The van der Waals surface area contributed by atoms with Crippen molar-refractivity contribution in [2.24, 2.45) is 19.1 Å². The fourth-order valence-electron chi connectivity index (χ4n) is 4.68. The lowest BCUT2D eigenvalue weighted by atomic mass is 9.95. The van der Waals surface area contributed by atoms with Crippen LogP contribution in [0.4, 0.5) is 5.69 Å². The summed E-state index contributed by atoms with van der Waals surface area (Å²) in [6.07, 6.45) is 1.70. The molecule has 0 fully saturated rings. The van der Waals surface area contributed by atoms with E-state index in [1.807, 2.05) is 18.2 Å². The Bertz CT molecular complexity index is 1920. The van der Waals surface area contributed by atoms with Crippen molar-refractivity contribution in [3.8, 4) is 0 Å². The summed E-state index contributed by atoms with van der Waals surface area (Å²) in [5.74, 6) is -0.644. The highest BCUT2D eigenvalue weighted by atomic mass is 32.1. The van der Waals surface area contributed by atoms with Crippen molar-refractivity contribution in [1.82, 2.24) is 13.7 Å². The molecule has 2 aromatic heterocycles. The summed E-state index contributed by atoms with van der Waals surface area (Å²) in [6.45, 7) is 3.44. The highest BCUT2D eigenvalue weighted by Gasteiger charge is 2.34. The van der Waals surface area contributed by atoms with Gasteiger partial charge in [-0.1, -0.05) is 29.5 Å². The van der Waals surface area contributed by atoms with Crippen molar-refractivity contribution in [2.45, 2.75) is 19.9 Å². The van der Waals surface area contributed by atoms with Crippen molar-refractivity contribution in [1.29, 1.82) is 0 Å². The second-order valence-corrected chi connectivity index (χ2v) is 9.81. The third-order valence-electron chi connectivity index (χ3n) is 6.51. The SMILES string of the molecule is CCOC(=O)C1=C(C)N=c2s/c(=C\c3ccc4c(c3)n(C)c(=O)n4C)c(=O)n2[C@@H]1c1cccc([N+](=O)[O-])c1. The number of imidazole rings is 1. The van der Waals surface area contributed by atoms with Gasteiger partial charge in [0.15, 0.2) is 4.80 Å². The van der Waals surface area contributed by atoms with Crippen molar-refractivity contribution in [2.75, 3.05) is 6.61 Å². The topological polar surface area (TPSA) is 131 Å². The lowest BCUT2D eigenvalue weighted by Gasteiger charge is -2.24. The van der Waals surface area contributed by atoms with Crippen LogP contribution in [-0.2, 0) is 23.6 Å². The largest absolute Gasteiger partial charge is 0.463 e. The van der Waals surface area contributed by atoms with E-state index < -0.39 is 22.5 Å². The van der Waals surface area contributed by atoms with Gasteiger partial charge in [-0.25, -0.2) is 14.6 Å². The van der Waals surface area contributed by atoms with E-state index in [-0.39, 0.29) is 23.6 Å². The van der Waals surface area contributed by atoms with E-state index in [4.69, 9.17) is 4.74 Å². The summed E-state index contributed by atoms with van der Waals surface area (Å²) in [4.78, 5) is 54.9. The van der Waals surface area contributed by atoms with Crippen LogP contribution in [0.25, 0.3) is 17.1 Å². The number of hydrogen-bond acceptors (Lipinski definition) is 8. The van der Waals surface area contributed by atoms with Crippen molar-refractivity contribution in [3.05, 3.63) is 105 Å². The van der Waals surface area contributed by atoms with Gasteiger partial charge in [0.1, 0.15) is 0 Å². The fraction of sp³-hybridized carbons (Fsp3) is 0.231. The van der Waals surface area contributed by atoms with Gasteiger partial charge in [0.05, 0.1) is 44.4 Å². The summed E-state index contributed by atoms with van der Waals surface area (Å²) in [6, 6.07) is 10.3. The molecule has 0 bridgehead atoms. The van der Waals surface area contributed by atoms with Crippen LogP contribution in [0.5, 0.6) is 0 Å². The maximum Gasteiger partial charge on any atom is 0.338 e. The molecule has 0 aliphatic carbocycles. The first-order valence-corrected chi connectivity index (χ1v) is 12.5. The molecule has 3 heterocycles. The highest BCUT2D eigenvalue weighted by molar-refractivity contribution is 7.07. The van der Waals surface area contributed by atoms with E-state index in [1.165, 1.54) is 27.3 Å². The molecule has 1 aliphatic heterocycles. The summed E-state index contributed by atoms with van der Waals surface area (Å²) >= 11 is 1.15. The lowest BCUT2D eigenvalue weighted by molar-refractivity contribution is -0.384. The van der Waals surface area contributed by atoms with E-state index in [2.05, 4.69) is 4.99 Å². The number of allylic oxidation sites excluding steroid dienone is 1. The number of nitro benzene ring substituents is 1. The first-order chi connectivity index (χ1) is 18.1. The van der Waals surface area contributed by atoms with Crippen molar-refractivity contribution in [3.63, 3.8) is 0 Å². The minimum Gasteiger partial charge on any atom is -0.463 e. The molecular formula is C26H23N5O6S. The molecular weight excluding hydrogens is 510 g/mol. The standard InChI is InChI=1S/C26H23N5O6S/c1-5-37-24(33)21-14(2)27-25-30(22(21)16-7-6-8-17(13-16)31(35)36)23(32)20(38-25)12-15-9-10-18-19(11-15)29(4)26(34)28(18)3/h6-13,22H,5H2,1-4H3/b20-12-/t22-/m1/s1. The van der Waals surface area contributed by atoms with Gasteiger partial charge in [-0.05, 0) is 43.2 Å². The van der Waals surface area contributed by atoms with Gasteiger partial charge in [-0.15, -0.1) is 0 Å². The number of non-ortho nitro benzene ring substituents is 1. The first kappa shape index (κ1) is 25.1. The molecule has 5 rings (SSSR count). The van der Waals surface area contributed by atoms with Crippen molar-refractivity contribution >= 4 is 40.1 Å². The second kappa shape index (κ2) is 9.38. The predicted octanol–water partition coefficient (Wildman–Crippen LogP) is 1.90. The van der Waals surface area contributed by atoms with E-state index in [0.29, 0.717) is 31.7 Å². The minimum absolute atomic E-state index is 0.117. The third-order valence-corrected chi connectivity index (χ3v) is 7.49. The average molecular weight is 534 g/mol. The third kappa shape index (κ3) is 3.98. The molecule has 0 spiro atoms. The number of benzene rings is 2. The molecule has 194 valence electrons. The first-order valence-electron chi connectivity index (χ1n) is 11.7. The number of nitro groups is 1. The zero-order valence-electron chi connectivity index (χ0n) is 21.0. The summed E-state index contributed by atoms with van der Waals surface area (Å²) in [7, 11) is 3.38. The minimum atomic E-state index is -0.954. The van der Waals surface area contributed by atoms with Crippen LogP contribution in [0.1, 0.15) is 31.0 Å². The van der Waals surface area contributed by atoms with Gasteiger partial charge in [-0.3, -0.25) is 28.6 Å². The predicted molar refractivity (Wildman–Crippen MR) is 142 cm³/mol. The molecule has 0 saturated carbocycles. The number of esters is 1. The number of aromatic nitrogens is 3. The van der Waals surface area contributed by atoms with E-state index >= 15 is 0 Å². The number of thiazole rings is 1. The lowest BCUT2D eigenvalue weighted by Crippen LogP contribution is -2.40. The molecule has 1 atom stereocenters. The van der Waals surface area contributed by atoms with Crippen LogP contribution in [0.3, 0.4) is 0 Å². The van der Waals surface area contributed by atoms with Gasteiger partial charge >= 0.3 is 11.7 Å². The number of carbonyl (C=O) groups excluding carboxylic acids is 1. The number of fused-ring (bicyclic) bond motifs is 2. The molecule has 2 aromatic carbocycles. The van der Waals surface area contributed by atoms with Gasteiger partial charge in [-0.2, -0.15) is 0 Å². The molecule has 0 saturated heterocycles. The quantitative estimate of drug-likeness (QED) is 0.219. The van der Waals surface area contributed by atoms with Crippen LogP contribution in [0, 0.1) is 10.1 Å². The molecule has 0 amide bonds. The summed E-state index contributed by atoms with van der Waals surface area (Å²) in [5.41, 5.74) is 2.37. The normalized spacial score (nSPS) is 15.5. The molecule has 0 radical (unpaired) electrons. The zero-order valence-corrected chi connectivity index (χ0v) is 21.8. The van der Waals surface area contributed by atoms with E-state index in [0.717, 1.165) is 16.9 Å². The van der Waals surface area contributed by atoms with Crippen LogP contribution in [0.2, 0.25) is 0 Å². The Morgan fingerprint density at radius 3 is 2.61 bits per heavy atom. The number of nitrogens with zero attached hydrogens (tertiary/aromatic N) is 5. The van der Waals surface area contributed by atoms with Gasteiger partial charge in [0.2, 0.25) is 0 Å². The Hall–Kier alpha value is -4.58. The van der Waals surface area contributed by atoms with Crippen LogP contribution >= 0.6 is 11.3 Å².